The molecule has 15 heavy (non-hydrogen) atoms. The van der Waals surface area contributed by atoms with Gasteiger partial charge in [0.15, 0.2) is 0 Å². The standard InChI is InChI=1S/C11H20N2OS/c14-11(13-7-9-15-10-8-13)12-5-3-1-2-4-6-12/h1-10H2. The van der Waals surface area contributed by atoms with E-state index in [1.165, 1.54) is 25.7 Å². The zero-order chi connectivity index (χ0) is 10.5. The van der Waals surface area contributed by atoms with Crippen molar-refractivity contribution in [1.29, 1.82) is 0 Å². The van der Waals surface area contributed by atoms with Crippen molar-refractivity contribution in [3.8, 4) is 0 Å². The van der Waals surface area contributed by atoms with Crippen LogP contribution in [0.2, 0.25) is 0 Å². The SMILES string of the molecule is O=C(N1CCCCCC1)N1CCSCC1. The van der Waals surface area contributed by atoms with Gasteiger partial charge in [0.1, 0.15) is 0 Å². The Labute approximate surface area is 96.2 Å². The average Bonchev–Trinajstić information content (AvgIpc) is 2.58. The van der Waals surface area contributed by atoms with Crippen LogP contribution in [0.5, 0.6) is 0 Å². The normalized spacial score (nSPS) is 23.7. The maximum Gasteiger partial charge on any atom is 0.320 e. The molecular weight excluding hydrogens is 208 g/mol. The van der Waals surface area contributed by atoms with Gasteiger partial charge in [-0.05, 0) is 12.8 Å². The second-order valence-corrected chi connectivity index (χ2v) is 5.51. The van der Waals surface area contributed by atoms with Gasteiger partial charge in [-0.1, -0.05) is 12.8 Å². The maximum absolute atomic E-state index is 12.1. The molecule has 2 heterocycles. The summed E-state index contributed by atoms with van der Waals surface area (Å²) < 4.78 is 0. The molecule has 0 aromatic carbocycles. The smallest absolute Gasteiger partial charge is 0.320 e. The summed E-state index contributed by atoms with van der Waals surface area (Å²) >= 11 is 1.95. The Morgan fingerprint density at radius 3 is 1.93 bits per heavy atom. The molecule has 0 aromatic rings. The van der Waals surface area contributed by atoms with Crippen molar-refractivity contribution in [3.63, 3.8) is 0 Å². The molecule has 4 heteroatoms. The van der Waals surface area contributed by atoms with Crippen LogP contribution in [0.1, 0.15) is 25.7 Å². The average molecular weight is 228 g/mol. The second kappa shape index (κ2) is 5.64. The first-order valence-electron chi connectivity index (χ1n) is 5.99. The molecule has 0 atom stereocenters. The van der Waals surface area contributed by atoms with Crippen LogP contribution in [0.4, 0.5) is 4.79 Å². The minimum Gasteiger partial charge on any atom is -0.325 e. The zero-order valence-corrected chi connectivity index (χ0v) is 10.1. The molecule has 0 radical (unpaired) electrons. The Morgan fingerprint density at radius 1 is 0.800 bits per heavy atom. The molecule has 0 saturated carbocycles. The van der Waals surface area contributed by atoms with Crippen molar-refractivity contribution < 1.29 is 4.79 Å². The van der Waals surface area contributed by atoms with Gasteiger partial charge in [-0.15, -0.1) is 0 Å². The predicted octanol–water partition coefficient (Wildman–Crippen LogP) is 2.03. The molecule has 0 spiro atoms. The van der Waals surface area contributed by atoms with Crippen LogP contribution in [0.3, 0.4) is 0 Å². The number of carbonyl (C=O) groups excluding carboxylic acids is 1. The first kappa shape index (κ1) is 11.1. The first-order chi connectivity index (χ1) is 7.38. The third-order valence-electron chi connectivity index (χ3n) is 3.16. The van der Waals surface area contributed by atoms with E-state index in [1.807, 2.05) is 16.7 Å². The number of thioether (sulfide) groups is 1. The fraction of sp³-hybridized carbons (Fsp3) is 0.909. The molecule has 2 aliphatic rings. The van der Waals surface area contributed by atoms with E-state index in [0.717, 1.165) is 37.7 Å². The Kier molecular flexibility index (Phi) is 4.18. The van der Waals surface area contributed by atoms with Gasteiger partial charge in [-0.3, -0.25) is 0 Å². The lowest BCUT2D eigenvalue weighted by atomic mass is 10.2. The fourth-order valence-electron chi connectivity index (χ4n) is 2.22. The quantitative estimate of drug-likeness (QED) is 0.633. The van der Waals surface area contributed by atoms with Crippen LogP contribution in [-0.2, 0) is 0 Å². The van der Waals surface area contributed by atoms with Gasteiger partial charge in [0.05, 0.1) is 0 Å². The first-order valence-corrected chi connectivity index (χ1v) is 7.15. The summed E-state index contributed by atoms with van der Waals surface area (Å²) in [4.78, 5) is 16.2. The van der Waals surface area contributed by atoms with Crippen molar-refractivity contribution in [1.82, 2.24) is 9.80 Å². The number of hydrogen-bond donors (Lipinski definition) is 0. The molecule has 2 aliphatic heterocycles. The molecule has 86 valence electrons. The fourth-order valence-corrected chi connectivity index (χ4v) is 3.12. The number of nitrogens with zero attached hydrogens (tertiary/aromatic N) is 2. The van der Waals surface area contributed by atoms with E-state index in [2.05, 4.69) is 4.90 Å². The lowest BCUT2D eigenvalue weighted by Gasteiger charge is -2.32. The second-order valence-electron chi connectivity index (χ2n) is 4.28. The molecule has 0 bridgehead atoms. The van der Waals surface area contributed by atoms with Gasteiger partial charge in [0.2, 0.25) is 0 Å². The number of hydrogen-bond acceptors (Lipinski definition) is 2. The van der Waals surface area contributed by atoms with Crippen LogP contribution in [0.25, 0.3) is 0 Å². The monoisotopic (exact) mass is 228 g/mol. The van der Waals surface area contributed by atoms with E-state index < -0.39 is 0 Å². The third kappa shape index (κ3) is 3.03. The summed E-state index contributed by atoms with van der Waals surface area (Å²) in [6.45, 7) is 3.84. The lowest BCUT2D eigenvalue weighted by Crippen LogP contribution is -2.47. The number of urea groups is 1. The number of amides is 2. The Morgan fingerprint density at radius 2 is 1.33 bits per heavy atom. The van der Waals surface area contributed by atoms with Crippen molar-refractivity contribution in [2.24, 2.45) is 0 Å². The van der Waals surface area contributed by atoms with Gasteiger partial charge in [0.25, 0.3) is 0 Å². The van der Waals surface area contributed by atoms with E-state index in [4.69, 9.17) is 0 Å². The molecule has 0 aliphatic carbocycles. The zero-order valence-electron chi connectivity index (χ0n) is 9.28. The number of rotatable bonds is 0. The molecule has 0 aromatic heterocycles. The van der Waals surface area contributed by atoms with Crippen molar-refractivity contribution in [2.75, 3.05) is 37.7 Å². The minimum atomic E-state index is 0.289. The van der Waals surface area contributed by atoms with E-state index >= 15 is 0 Å². The minimum absolute atomic E-state index is 0.289. The Bertz CT molecular complexity index is 209. The highest BCUT2D eigenvalue weighted by Crippen LogP contribution is 2.15. The van der Waals surface area contributed by atoms with Gasteiger partial charge in [0, 0.05) is 37.7 Å². The molecular formula is C11H20N2OS. The van der Waals surface area contributed by atoms with Gasteiger partial charge in [-0.25, -0.2) is 4.79 Å². The third-order valence-corrected chi connectivity index (χ3v) is 4.10. The topological polar surface area (TPSA) is 23.6 Å². The van der Waals surface area contributed by atoms with Crippen LogP contribution >= 0.6 is 11.8 Å². The highest BCUT2D eigenvalue weighted by Gasteiger charge is 2.22. The van der Waals surface area contributed by atoms with Gasteiger partial charge in [-0.2, -0.15) is 11.8 Å². The summed E-state index contributed by atoms with van der Waals surface area (Å²) in [6, 6.07) is 0.289. The molecule has 0 unspecified atom stereocenters. The van der Waals surface area contributed by atoms with Crippen molar-refractivity contribution in [3.05, 3.63) is 0 Å². The van der Waals surface area contributed by atoms with Crippen LogP contribution in [0, 0.1) is 0 Å². The maximum atomic E-state index is 12.1. The van der Waals surface area contributed by atoms with Crippen LogP contribution < -0.4 is 0 Å². The van der Waals surface area contributed by atoms with Gasteiger partial charge < -0.3 is 9.80 Å². The van der Waals surface area contributed by atoms with Gasteiger partial charge >= 0.3 is 6.03 Å². The summed E-state index contributed by atoms with van der Waals surface area (Å²) in [7, 11) is 0. The lowest BCUT2D eigenvalue weighted by molar-refractivity contribution is 0.159. The molecule has 2 saturated heterocycles. The predicted molar refractivity (Wildman–Crippen MR) is 64.3 cm³/mol. The number of carbonyl (C=O) groups is 1. The Balaban J connectivity index is 1.87. The molecule has 3 nitrogen and oxygen atoms in total. The summed E-state index contributed by atoms with van der Waals surface area (Å²) in [5, 5.41) is 0. The Hall–Kier alpha value is -0.380. The number of likely N-dealkylation sites (tertiary alicyclic amines) is 1. The molecule has 2 fully saturated rings. The summed E-state index contributed by atoms with van der Waals surface area (Å²) in [6.07, 6.45) is 4.96. The van der Waals surface area contributed by atoms with Crippen molar-refractivity contribution >= 4 is 17.8 Å². The molecule has 0 N–H and O–H groups in total. The molecule has 2 amide bonds. The van der Waals surface area contributed by atoms with E-state index in [0.29, 0.717) is 0 Å². The van der Waals surface area contributed by atoms with E-state index in [-0.39, 0.29) is 6.03 Å². The van der Waals surface area contributed by atoms with Crippen molar-refractivity contribution in [2.45, 2.75) is 25.7 Å². The van der Waals surface area contributed by atoms with E-state index in [9.17, 15) is 4.79 Å². The van der Waals surface area contributed by atoms with E-state index in [1.54, 1.807) is 0 Å². The highest BCUT2D eigenvalue weighted by molar-refractivity contribution is 7.99. The largest absolute Gasteiger partial charge is 0.325 e. The summed E-state index contributed by atoms with van der Waals surface area (Å²) in [5.74, 6) is 2.22. The van der Waals surface area contributed by atoms with Crippen LogP contribution in [0.15, 0.2) is 0 Å². The summed E-state index contributed by atoms with van der Waals surface area (Å²) in [5.41, 5.74) is 0. The molecule has 2 rings (SSSR count). The van der Waals surface area contributed by atoms with Crippen LogP contribution in [-0.4, -0.2) is 53.5 Å². The highest BCUT2D eigenvalue weighted by atomic mass is 32.2.